The number of benzene rings is 2. The van der Waals surface area contributed by atoms with Crippen molar-refractivity contribution in [2.75, 3.05) is 61.6 Å². The maximum Gasteiger partial charge on any atom is 0.248 e. The highest BCUT2D eigenvalue weighted by Gasteiger charge is 2.25. The lowest BCUT2D eigenvalue weighted by molar-refractivity contribution is -0.135. The fourth-order valence-corrected chi connectivity index (χ4v) is 5.94. The zero-order chi connectivity index (χ0) is 28.0. The molecule has 1 heterocycles. The first-order chi connectivity index (χ1) is 17.9. The molecule has 0 unspecified atom stereocenters. The van der Waals surface area contributed by atoms with E-state index in [1.54, 1.807) is 45.0 Å². The molecule has 0 radical (unpaired) electrons. The summed E-state index contributed by atoms with van der Waals surface area (Å²) < 4.78 is 40.5. The highest BCUT2D eigenvalue weighted by molar-refractivity contribution is 7.89. The summed E-state index contributed by atoms with van der Waals surface area (Å²) in [5.74, 6) is 0.451. The predicted molar refractivity (Wildman–Crippen MR) is 150 cm³/mol. The number of sulfonamides is 1. The molecule has 0 atom stereocenters. The number of fused-ring (bicyclic) bond motifs is 1. The van der Waals surface area contributed by atoms with Gasteiger partial charge in [-0.25, -0.2) is 8.42 Å². The van der Waals surface area contributed by atoms with E-state index in [0.717, 1.165) is 24.0 Å². The van der Waals surface area contributed by atoms with Gasteiger partial charge in [-0.1, -0.05) is 6.07 Å². The first kappa shape index (κ1) is 29.6. The van der Waals surface area contributed by atoms with Crippen LogP contribution in [0, 0.1) is 13.8 Å². The molecule has 38 heavy (non-hydrogen) atoms. The van der Waals surface area contributed by atoms with Crippen molar-refractivity contribution in [2.24, 2.45) is 0 Å². The van der Waals surface area contributed by atoms with Gasteiger partial charge in [-0.2, -0.15) is 4.31 Å². The number of ether oxygens (including phenoxy) is 2. The maximum absolute atomic E-state index is 13.1. The van der Waals surface area contributed by atoms with E-state index in [4.69, 9.17) is 9.47 Å². The summed E-state index contributed by atoms with van der Waals surface area (Å²) in [5.41, 5.74) is 3.45. The summed E-state index contributed by atoms with van der Waals surface area (Å²) in [4.78, 5) is 16.7. The monoisotopic (exact) mass is 544 g/mol. The zero-order valence-electron chi connectivity index (χ0n) is 23.5. The smallest absolute Gasteiger partial charge is 0.248 e. The van der Waals surface area contributed by atoms with Gasteiger partial charge in [0.15, 0.2) is 0 Å². The Morgan fingerprint density at radius 2 is 1.66 bits per heavy atom. The molecule has 0 bridgehead atoms. The Bertz CT molecular complexity index is 1340. The highest BCUT2D eigenvalue weighted by Crippen LogP contribution is 2.27. The van der Waals surface area contributed by atoms with Gasteiger partial charge in [-0.05, 0) is 80.4 Å². The number of rotatable bonds is 13. The van der Waals surface area contributed by atoms with Crippen LogP contribution in [0.2, 0.25) is 0 Å². The van der Waals surface area contributed by atoms with Gasteiger partial charge in [0, 0.05) is 52.0 Å². The van der Waals surface area contributed by atoms with Crippen molar-refractivity contribution >= 4 is 26.8 Å². The molecule has 3 aromatic rings. The summed E-state index contributed by atoms with van der Waals surface area (Å²) in [6.45, 7) is 5.97. The molecule has 1 amide bonds. The summed E-state index contributed by atoms with van der Waals surface area (Å²) in [7, 11) is 5.22. The first-order valence-electron chi connectivity index (χ1n) is 12.6. The van der Waals surface area contributed by atoms with E-state index in [1.165, 1.54) is 16.9 Å². The Balaban J connectivity index is 1.50. The molecule has 0 aliphatic heterocycles. The van der Waals surface area contributed by atoms with Crippen LogP contribution in [-0.2, 0) is 32.6 Å². The lowest BCUT2D eigenvalue weighted by Gasteiger charge is -2.21. The van der Waals surface area contributed by atoms with E-state index in [1.807, 2.05) is 6.07 Å². The Morgan fingerprint density at radius 3 is 2.29 bits per heavy atom. The summed E-state index contributed by atoms with van der Waals surface area (Å²) in [6.07, 6.45) is 2.09. The van der Waals surface area contributed by atoms with Crippen LogP contribution in [0.5, 0.6) is 5.75 Å². The number of nitrogens with zero attached hydrogens (tertiary/aromatic N) is 4. The first-order valence-corrected chi connectivity index (χ1v) is 14.0. The van der Waals surface area contributed by atoms with E-state index >= 15 is 0 Å². The molecule has 208 valence electrons. The maximum atomic E-state index is 13.1. The third kappa shape index (κ3) is 7.13. The van der Waals surface area contributed by atoms with Crippen LogP contribution in [0.1, 0.15) is 16.7 Å². The van der Waals surface area contributed by atoms with Crippen LogP contribution in [0.15, 0.2) is 47.5 Å². The summed E-state index contributed by atoms with van der Waals surface area (Å²) in [6, 6.07) is 11.8. The number of aromatic nitrogens is 1. The molecule has 0 aliphatic rings. The molecular formula is C28H40N4O5S. The molecule has 0 spiro atoms. The Kier molecular flexibility index (Phi) is 9.94. The van der Waals surface area contributed by atoms with Crippen molar-refractivity contribution in [2.45, 2.75) is 31.8 Å². The fourth-order valence-electron chi connectivity index (χ4n) is 4.39. The van der Waals surface area contributed by atoms with Gasteiger partial charge in [0.1, 0.15) is 12.4 Å². The van der Waals surface area contributed by atoms with Crippen molar-refractivity contribution in [1.82, 2.24) is 18.7 Å². The fraction of sp³-hybridized carbons (Fsp3) is 0.464. The number of carbonyl (C=O) groups excluding carboxylic acids is 1. The molecule has 1 aromatic heterocycles. The number of aryl methyl sites for hydroxylation is 2. The average molecular weight is 545 g/mol. The number of likely N-dealkylation sites (N-methyl/N-ethyl adjacent to an activating group) is 3. The summed E-state index contributed by atoms with van der Waals surface area (Å²) >= 11 is 0. The van der Waals surface area contributed by atoms with Gasteiger partial charge in [0.25, 0.3) is 0 Å². The van der Waals surface area contributed by atoms with Crippen LogP contribution in [0.4, 0.5) is 0 Å². The molecule has 0 fully saturated rings. The molecule has 2 aromatic carbocycles. The van der Waals surface area contributed by atoms with Crippen molar-refractivity contribution in [1.29, 1.82) is 0 Å². The van der Waals surface area contributed by atoms with Gasteiger partial charge < -0.3 is 23.8 Å². The minimum absolute atomic E-state index is 0.107. The van der Waals surface area contributed by atoms with Crippen molar-refractivity contribution < 1.29 is 22.7 Å². The Morgan fingerprint density at radius 1 is 0.974 bits per heavy atom. The van der Waals surface area contributed by atoms with E-state index < -0.39 is 10.0 Å². The third-order valence-corrected chi connectivity index (χ3v) is 8.75. The molecule has 3 rings (SSSR count). The second kappa shape index (κ2) is 12.8. The number of methoxy groups -OCH3 is 1. The molecule has 0 saturated carbocycles. The van der Waals surface area contributed by atoms with Gasteiger partial charge in [0.05, 0.1) is 18.6 Å². The quantitative estimate of drug-likeness (QED) is 0.308. The average Bonchev–Trinajstić information content (AvgIpc) is 3.26. The topological polar surface area (TPSA) is 84.3 Å². The molecule has 0 aliphatic carbocycles. The highest BCUT2D eigenvalue weighted by atomic mass is 32.2. The Labute approximate surface area is 226 Å². The van der Waals surface area contributed by atoms with Gasteiger partial charge in [-0.15, -0.1) is 0 Å². The zero-order valence-corrected chi connectivity index (χ0v) is 24.3. The van der Waals surface area contributed by atoms with Crippen LogP contribution >= 0.6 is 0 Å². The van der Waals surface area contributed by atoms with Crippen LogP contribution in [0.25, 0.3) is 10.9 Å². The minimum Gasteiger partial charge on any atom is -0.497 e. The van der Waals surface area contributed by atoms with Crippen molar-refractivity contribution in [3.05, 3.63) is 59.3 Å². The number of hydrogen-bond acceptors (Lipinski definition) is 6. The number of amides is 1. The minimum atomic E-state index is -3.71. The molecule has 0 saturated heterocycles. The molecule has 0 N–H and O–H groups in total. The molecule has 9 nitrogen and oxygen atoms in total. The second-order valence-electron chi connectivity index (χ2n) is 9.92. The Hall–Kier alpha value is -2.92. The predicted octanol–water partition coefficient (Wildman–Crippen LogP) is 3.12. The molecular weight excluding hydrogens is 504 g/mol. The van der Waals surface area contributed by atoms with Gasteiger partial charge in [0.2, 0.25) is 15.9 Å². The lowest BCUT2D eigenvalue weighted by Crippen LogP contribution is -2.33. The van der Waals surface area contributed by atoms with Crippen molar-refractivity contribution in [3.63, 3.8) is 0 Å². The summed E-state index contributed by atoms with van der Waals surface area (Å²) in [5, 5.41) is 1.14. The van der Waals surface area contributed by atoms with Crippen LogP contribution in [-0.4, -0.2) is 94.6 Å². The van der Waals surface area contributed by atoms with E-state index in [-0.39, 0.29) is 30.6 Å². The lowest BCUT2D eigenvalue weighted by atomic mass is 10.1. The number of hydrogen-bond donors (Lipinski definition) is 0. The van der Waals surface area contributed by atoms with Crippen molar-refractivity contribution in [3.8, 4) is 5.75 Å². The van der Waals surface area contributed by atoms with Gasteiger partial charge in [-0.3, -0.25) is 4.79 Å². The second-order valence-corrected chi connectivity index (χ2v) is 11.9. The van der Waals surface area contributed by atoms with Crippen LogP contribution < -0.4 is 4.74 Å². The largest absolute Gasteiger partial charge is 0.497 e. The van der Waals surface area contributed by atoms with E-state index in [9.17, 15) is 13.2 Å². The van der Waals surface area contributed by atoms with E-state index in [0.29, 0.717) is 23.4 Å². The normalized spacial score (nSPS) is 12.0. The number of carbonyl (C=O) groups is 1. The standard InChI is InChI=1S/C28H40N4O5S/c1-21-16-25(36-7)17-22(2)28(21)38(34,35)31(6)14-15-37-20-27(33)30(5)19-23-8-9-26-24(18-23)10-11-32(26)13-12-29(3)4/h8-11,16-18H,12-15,19-20H2,1-7H3. The van der Waals surface area contributed by atoms with Crippen LogP contribution in [0.3, 0.4) is 0 Å². The van der Waals surface area contributed by atoms with E-state index in [2.05, 4.69) is 48.0 Å². The third-order valence-electron chi connectivity index (χ3n) is 6.58. The SMILES string of the molecule is COc1cc(C)c(S(=O)(=O)N(C)CCOCC(=O)N(C)Cc2ccc3c(ccn3CCN(C)C)c2)c(C)c1. The van der Waals surface area contributed by atoms with Gasteiger partial charge >= 0.3 is 0 Å². The molecule has 10 heteroatoms.